The van der Waals surface area contributed by atoms with Gasteiger partial charge in [-0.3, -0.25) is 0 Å². The molecule has 0 atom stereocenters. The molecule has 1 rings (SSSR count). The maximum absolute atomic E-state index is 12.2. The van der Waals surface area contributed by atoms with Crippen LogP contribution in [0.25, 0.3) is 0 Å². The molecule has 0 aromatic rings. The van der Waals surface area contributed by atoms with Crippen molar-refractivity contribution in [3.63, 3.8) is 0 Å². The van der Waals surface area contributed by atoms with Crippen LogP contribution in [0.4, 0.5) is 0 Å². The first kappa shape index (κ1) is 16.9. The van der Waals surface area contributed by atoms with E-state index in [4.69, 9.17) is 5.73 Å². The van der Waals surface area contributed by atoms with Crippen molar-refractivity contribution >= 4 is 10.0 Å². The molecule has 1 fully saturated rings. The predicted octanol–water partition coefficient (Wildman–Crippen LogP) is 0.863. The van der Waals surface area contributed by atoms with Crippen LogP contribution in [0.5, 0.6) is 0 Å². The zero-order valence-corrected chi connectivity index (χ0v) is 13.0. The van der Waals surface area contributed by atoms with Crippen LogP contribution in [-0.2, 0) is 10.0 Å². The topological polar surface area (TPSA) is 66.6 Å². The van der Waals surface area contributed by atoms with Gasteiger partial charge in [-0.1, -0.05) is 13.3 Å². The first-order valence-corrected chi connectivity index (χ1v) is 9.11. The largest absolute Gasteiger partial charge is 0.330 e. The Morgan fingerprint density at radius 1 is 1.05 bits per heavy atom. The van der Waals surface area contributed by atoms with Gasteiger partial charge in [-0.15, -0.1) is 0 Å². The average molecular weight is 291 g/mol. The van der Waals surface area contributed by atoms with Crippen LogP contribution >= 0.6 is 0 Å². The van der Waals surface area contributed by atoms with Gasteiger partial charge in [-0.25, -0.2) is 12.7 Å². The van der Waals surface area contributed by atoms with Crippen molar-refractivity contribution in [2.45, 2.75) is 39.0 Å². The summed E-state index contributed by atoms with van der Waals surface area (Å²) in [5.74, 6) is 0.302. The summed E-state index contributed by atoms with van der Waals surface area (Å²) >= 11 is 0. The van der Waals surface area contributed by atoms with Crippen LogP contribution in [0.1, 0.15) is 39.0 Å². The summed E-state index contributed by atoms with van der Waals surface area (Å²) in [4.78, 5) is 2.37. The highest BCUT2D eigenvalue weighted by atomic mass is 32.2. The Morgan fingerprint density at radius 3 is 2.53 bits per heavy atom. The Balaban J connectivity index is 2.40. The lowest BCUT2D eigenvalue weighted by Gasteiger charge is -2.21. The number of rotatable bonds is 8. The first-order valence-electron chi connectivity index (χ1n) is 7.50. The summed E-state index contributed by atoms with van der Waals surface area (Å²) < 4.78 is 26.0. The van der Waals surface area contributed by atoms with Gasteiger partial charge in [0.15, 0.2) is 0 Å². The van der Waals surface area contributed by atoms with Crippen molar-refractivity contribution in [1.82, 2.24) is 9.21 Å². The van der Waals surface area contributed by atoms with E-state index >= 15 is 0 Å². The van der Waals surface area contributed by atoms with E-state index in [2.05, 4.69) is 4.90 Å². The van der Waals surface area contributed by atoms with Crippen LogP contribution < -0.4 is 5.73 Å². The van der Waals surface area contributed by atoms with Crippen LogP contribution in [0.2, 0.25) is 0 Å². The number of hydrogen-bond acceptors (Lipinski definition) is 4. The number of nitrogens with zero attached hydrogens (tertiary/aromatic N) is 2. The molecule has 0 amide bonds. The van der Waals surface area contributed by atoms with Crippen LogP contribution in [0.3, 0.4) is 0 Å². The fourth-order valence-corrected chi connectivity index (χ4v) is 4.06. The second-order valence-electron chi connectivity index (χ2n) is 5.26. The van der Waals surface area contributed by atoms with Crippen LogP contribution in [-0.4, -0.2) is 62.6 Å². The quantitative estimate of drug-likeness (QED) is 0.674. The van der Waals surface area contributed by atoms with E-state index in [0.29, 0.717) is 18.8 Å². The third kappa shape index (κ3) is 6.21. The standard InChI is InChI=1S/C13H29N3O2S/c1-2-3-13-19(17,18)16-10-6-9-15(11-12-16)8-5-4-7-14/h2-14H2,1H3. The molecule has 114 valence electrons. The molecule has 5 nitrogen and oxygen atoms in total. The van der Waals surface area contributed by atoms with Gasteiger partial charge in [0.25, 0.3) is 0 Å². The molecule has 6 heteroatoms. The Bertz CT molecular complexity index is 333. The Morgan fingerprint density at radius 2 is 1.84 bits per heavy atom. The average Bonchev–Trinajstić information content (AvgIpc) is 2.63. The van der Waals surface area contributed by atoms with Crippen molar-refractivity contribution in [2.24, 2.45) is 5.73 Å². The fourth-order valence-electron chi connectivity index (χ4n) is 2.38. The molecule has 1 heterocycles. The van der Waals surface area contributed by atoms with Gasteiger partial charge in [-0.2, -0.15) is 0 Å². The third-order valence-corrected chi connectivity index (χ3v) is 5.58. The van der Waals surface area contributed by atoms with Gasteiger partial charge in [0.05, 0.1) is 5.75 Å². The molecular formula is C13H29N3O2S. The monoisotopic (exact) mass is 291 g/mol. The zero-order chi connectivity index (χ0) is 14.1. The summed E-state index contributed by atoms with van der Waals surface area (Å²) in [6, 6.07) is 0. The number of nitrogens with two attached hydrogens (primary N) is 1. The van der Waals surface area contributed by atoms with Crippen molar-refractivity contribution in [3.05, 3.63) is 0 Å². The van der Waals surface area contributed by atoms with Crippen LogP contribution in [0.15, 0.2) is 0 Å². The first-order chi connectivity index (χ1) is 9.10. The summed E-state index contributed by atoms with van der Waals surface area (Å²) in [7, 11) is -3.03. The molecule has 0 unspecified atom stereocenters. The van der Waals surface area contributed by atoms with Gasteiger partial charge in [-0.05, 0) is 45.3 Å². The van der Waals surface area contributed by atoms with E-state index in [-0.39, 0.29) is 0 Å². The second-order valence-corrected chi connectivity index (χ2v) is 7.35. The van der Waals surface area contributed by atoms with Gasteiger partial charge < -0.3 is 10.6 Å². The molecule has 0 aromatic carbocycles. The highest BCUT2D eigenvalue weighted by Gasteiger charge is 2.24. The molecule has 0 saturated carbocycles. The molecule has 1 aliphatic rings. The lowest BCUT2D eigenvalue weighted by Crippen LogP contribution is -2.36. The minimum Gasteiger partial charge on any atom is -0.330 e. The van der Waals surface area contributed by atoms with E-state index in [1.54, 1.807) is 4.31 Å². The van der Waals surface area contributed by atoms with Crippen molar-refractivity contribution in [3.8, 4) is 0 Å². The number of sulfonamides is 1. The Hall–Kier alpha value is -0.170. The second kappa shape index (κ2) is 8.89. The SMILES string of the molecule is CCCCS(=O)(=O)N1CCCN(CCCCN)CC1. The molecule has 19 heavy (non-hydrogen) atoms. The minimum atomic E-state index is -3.03. The van der Waals surface area contributed by atoms with Crippen LogP contribution in [0, 0.1) is 0 Å². The summed E-state index contributed by atoms with van der Waals surface area (Å²) in [5.41, 5.74) is 5.49. The molecule has 1 saturated heterocycles. The molecule has 0 aromatic heterocycles. The summed E-state index contributed by atoms with van der Waals surface area (Å²) in [5, 5.41) is 0. The van der Waals surface area contributed by atoms with Gasteiger partial charge in [0.2, 0.25) is 10.0 Å². The van der Waals surface area contributed by atoms with Crippen molar-refractivity contribution in [2.75, 3.05) is 45.0 Å². The molecule has 0 aliphatic carbocycles. The number of hydrogen-bond donors (Lipinski definition) is 1. The summed E-state index contributed by atoms with van der Waals surface area (Å²) in [6.45, 7) is 7.00. The van der Waals surface area contributed by atoms with Gasteiger partial charge in [0, 0.05) is 19.6 Å². The van der Waals surface area contributed by atoms with E-state index in [1.165, 1.54) is 0 Å². The highest BCUT2D eigenvalue weighted by molar-refractivity contribution is 7.89. The molecule has 0 bridgehead atoms. The lowest BCUT2D eigenvalue weighted by molar-refractivity contribution is 0.281. The van der Waals surface area contributed by atoms with E-state index < -0.39 is 10.0 Å². The molecule has 1 aliphatic heterocycles. The molecule has 0 spiro atoms. The summed E-state index contributed by atoms with van der Waals surface area (Å²) in [6.07, 6.45) is 4.79. The Labute approximate surface area is 118 Å². The third-order valence-electron chi connectivity index (χ3n) is 3.63. The smallest absolute Gasteiger partial charge is 0.214 e. The van der Waals surface area contributed by atoms with E-state index in [1.807, 2.05) is 6.92 Å². The van der Waals surface area contributed by atoms with Gasteiger partial charge in [0.1, 0.15) is 0 Å². The van der Waals surface area contributed by atoms with E-state index in [9.17, 15) is 8.42 Å². The number of unbranched alkanes of at least 4 members (excludes halogenated alkanes) is 2. The molecule has 2 N–H and O–H groups in total. The lowest BCUT2D eigenvalue weighted by atomic mass is 10.3. The van der Waals surface area contributed by atoms with Crippen molar-refractivity contribution < 1.29 is 8.42 Å². The van der Waals surface area contributed by atoms with Gasteiger partial charge >= 0.3 is 0 Å². The molecule has 0 radical (unpaired) electrons. The predicted molar refractivity (Wildman–Crippen MR) is 79.6 cm³/mol. The maximum atomic E-state index is 12.2. The Kier molecular flexibility index (Phi) is 7.90. The molecular weight excluding hydrogens is 262 g/mol. The van der Waals surface area contributed by atoms with E-state index in [0.717, 1.165) is 58.3 Å². The maximum Gasteiger partial charge on any atom is 0.214 e. The van der Waals surface area contributed by atoms with Crippen molar-refractivity contribution in [1.29, 1.82) is 0 Å². The fraction of sp³-hybridized carbons (Fsp3) is 1.00. The minimum absolute atomic E-state index is 0.302. The normalized spacial score (nSPS) is 19.5. The zero-order valence-electron chi connectivity index (χ0n) is 12.2. The highest BCUT2D eigenvalue weighted by Crippen LogP contribution is 2.11.